The second-order valence-electron chi connectivity index (χ2n) is 4.92. The fourth-order valence-electron chi connectivity index (χ4n) is 2.15. The van der Waals surface area contributed by atoms with Crippen molar-refractivity contribution in [2.45, 2.75) is 6.61 Å². The summed E-state index contributed by atoms with van der Waals surface area (Å²) in [4.78, 5) is 0. The van der Waals surface area contributed by atoms with Gasteiger partial charge in [0, 0.05) is 23.8 Å². The van der Waals surface area contributed by atoms with Crippen LogP contribution in [0.4, 0.5) is 4.39 Å². The first-order valence-corrected chi connectivity index (χ1v) is 7.16. The lowest BCUT2D eigenvalue weighted by atomic mass is 10.1. The molecule has 1 heterocycles. The summed E-state index contributed by atoms with van der Waals surface area (Å²) >= 11 is 5.76. The Morgan fingerprint density at radius 1 is 1.14 bits per heavy atom. The summed E-state index contributed by atoms with van der Waals surface area (Å²) < 4.78 is 21.3. The van der Waals surface area contributed by atoms with Gasteiger partial charge in [0.15, 0.2) is 0 Å². The van der Waals surface area contributed by atoms with Gasteiger partial charge in [0.1, 0.15) is 18.2 Å². The van der Waals surface area contributed by atoms with Crippen molar-refractivity contribution in [3.63, 3.8) is 0 Å². The molecule has 1 aromatic heterocycles. The molecule has 0 bridgehead atoms. The molecule has 22 heavy (non-hydrogen) atoms. The first kappa shape index (κ1) is 14.6. The van der Waals surface area contributed by atoms with Gasteiger partial charge in [-0.1, -0.05) is 23.7 Å². The van der Waals surface area contributed by atoms with Crippen LogP contribution in [-0.2, 0) is 13.7 Å². The number of rotatable bonds is 4. The molecule has 5 heteroatoms. The van der Waals surface area contributed by atoms with E-state index in [1.165, 1.54) is 6.07 Å². The molecule has 0 aliphatic carbocycles. The lowest BCUT2D eigenvalue weighted by Crippen LogP contribution is -1.97. The minimum absolute atomic E-state index is 0.338. The average Bonchev–Trinajstić information content (AvgIpc) is 2.92. The van der Waals surface area contributed by atoms with E-state index in [9.17, 15) is 4.39 Å². The highest BCUT2D eigenvalue weighted by atomic mass is 35.5. The van der Waals surface area contributed by atoms with E-state index in [0.29, 0.717) is 22.9 Å². The Morgan fingerprint density at radius 3 is 2.55 bits per heavy atom. The van der Waals surface area contributed by atoms with Crippen molar-refractivity contribution in [1.82, 2.24) is 9.78 Å². The van der Waals surface area contributed by atoms with Gasteiger partial charge in [-0.15, -0.1) is 0 Å². The fraction of sp³-hybridized carbons (Fsp3) is 0.118. The summed E-state index contributed by atoms with van der Waals surface area (Å²) in [6.07, 6.45) is 1.87. The summed E-state index contributed by atoms with van der Waals surface area (Å²) in [5.74, 6) is 0.374. The summed E-state index contributed by atoms with van der Waals surface area (Å²) in [6, 6.07) is 13.8. The van der Waals surface area contributed by atoms with Gasteiger partial charge in [0.05, 0.1) is 5.69 Å². The van der Waals surface area contributed by atoms with Crippen LogP contribution in [-0.4, -0.2) is 9.78 Å². The normalized spacial score (nSPS) is 10.7. The van der Waals surface area contributed by atoms with Crippen molar-refractivity contribution in [2.75, 3.05) is 0 Å². The fourth-order valence-corrected chi connectivity index (χ4v) is 2.31. The van der Waals surface area contributed by atoms with E-state index in [1.807, 2.05) is 43.6 Å². The second kappa shape index (κ2) is 6.20. The molecule has 0 spiro atoms. The van der Waals surface area contributed by atoms with Crippen LogP contribution in [0.25, 0.3) is 11.1 Å². The molecule has 2 aromatic carbocycles. The lowest BCUT2D eigenvalue weighted by Gasteiger charge is -2.07. The summed E-state index contributed by atoms with van der Waals surface area (Å²) in [5.41, 5.74) is 2.15. The van der Waals surface area contributed by atoms with Crippen LogP contribution < -0.4 is 4.74 Å². The summed E-state index contributed by atoms with van der Waals surface area (Å²) in [6.45, 7) is 0.398. The number of benzene rings is 2. The number of hydrogen-bond donors (Lipinski definition) is 0. The lowest BCUT2D eigenvalue weighted by molar-refractivity contribution is 0.300. The van der Waals surface area contributed by atoms with Gasteiger partial charge in [-0.2, -0.15) is 5.10 Å². The van der Waals surface area contributed by atoms with Crippen LogP contribution >= 0.6 is 11.6 Å². The van der Waals surface area contributed by atoms with E-state index in [1.54, 1.807) is 16.8 Å². The van der Waals surface area contributed by atoms with Crippen molar-refractivity contribution in [2.24, 2.45) is 7.05 Å². The number of hydrogen-bond acceptors (Lipinski definition) is 2. The molecule has 0 fully saturated rings. The van der Waals surface area contributed by atoms with Gasteiger partial charge in [-0.05, 0) is 42.0 Å². The molecule has 3 rings (SSSR count). The van der Waals surface area contributed by atoms with Gasteiger partial charge in [-0.25, -0.2) is 4.39 Å². The highest BCUT2D eigenvalue weighted by Gasteiger charge is 2.06. The third-order valence-corrected chi connectivity index (χ3v) is 3.49. The van der Waals surface area contributed by atoms with Gasteiger partial charge in [0.25, 0.3) is 0 Å². The summed E-state index contributed by atoms with van der Waals surface area (Å²) in [7, 11) is 1.86. The third-order valence-electron chi connectivity index (χ3n) is 3.25. The highest BCUT2D eigenvalue weighted by Crippen LogP contribution is 2.27. The Morgan fingerprint density at radius 2 is 1.91 bits per heavy atom. The Labute approximate surface area is 132 Å². The van der Waals surface area contributed by atoms with E-state index in [2.05, 4.69) is 5.10 Å². The minimum atomic E-state index is -0.338. The van der Waals surface area contributed by atoms with Crippen molar-refractivity contribution >= 4 is 11.6 Å². The molecule has 0 saturated heterocycles. The predicted molar refractivity (Wildman–Crippen MR) is 84.4 cm³/mol. The number of nitrogens with zero attached hydrogens (tertiary/aromatic N) is 2. The molecule has 0 aliphatic rings. The molecule has 0 unspecified atom stereocenters. The molecule has 0 saturated carbocycles. The van der Waals surface area contributed by atoms with Gasteiger partial charge in [0.2, 0.25) is 0 Å². The maximum absolute atomic E-state index is 13.9. The third kappa shape index (κ3) is 3.28. The molecule has 0 amide bonds. The zero-order valence-electron chi connectivity index (χ0n) is 12.0. The number of aryl methyl sites for hydroxylation is 1. The zero-order valence-corrected chi connectivity index (χ0v) is 12.7. The van der Waals surface area contributed by atoms with Crippen LogP contribution in [0.5, 0.6) is 5.75 Å². The summed E-state index contributed by atoms with van der Waals surface area (Å²) in [5, 5.41) is 4.63. The topological polar surface area (TPSA) is 27.1 Å². The molecule has 3 nitrogen and oxygen atoms in total. The van der Waals surface area contributed by atoms with E-state index in [0.717, 1.165) is 11.3 Å². The van der Waals surface area contributed by atoms with Crippen molar-refractivity contribution in [3.05, 3.63) is 71.3 Å². The molecule has 0 N–H and O–H groups in total. The monoisotopic (exact) mass is 316 g/mol. The molecule has 3 aromatic rings. The van der Waals surface area contributed by atoms with Gasteiger partial charge >= 0.3 is 0 Å². The number of halogens is 2. The molecular formula is C17H14ClFN2O. The van der Waals surface area contributed by atoms with Crippen LogP contribution in [0, 0.1) is 5.82 Å². The smallest absolute Gasteiger partial charge is 0.132 e. The Kier molecular flexibility index (Phi) is 4.11. The van der Waals surface area contributed by atoms with E-state index in [-0.39, 0.29) is 5.82 Å². The molecule has 0 aliphatic heterocycles. The van der Waals surface area contributed by atoms with Gasteiger partial charge in [-0.3, -0.25) is 4.68 Å². The Bertz CT molecular complexity index is 784. The predicted octanol–water partition coefficient (Wildman–Crippen LogP) is 4.46. The number of ether oxygens (including phenoxy) is 1. The minimum Gasteiger partial charge on any atom is -0.487 e. The SMILES string of the molecule is Cn1ccc(COc2ccc(-c3ccc(Cl)cc3F)cc2)n1. The maximum Gasteiger partial charge on any atom is 0.132 e. The average molecular weight is 317 g/mol. The number of aromatic nitrogens is 2. The van der Waals surface area contributed by atoms with Gasteiger partial charge < -0.3 is 4.74 Å². The Balaban J connectivity index is 1.72. The highest BCUT2D eigenvalue weighted by molar-refractivity contribution is 6.30. The molecule has 0 atom stereocenters. The zero-order chi connectivity index (χ0) is 15.5. The van der Waals surface area contributed by atoms with Crippen molar-refractivity contribution < 1.29 is 9.13 Å². The first-order chi connectivity index (χ1) is 10.6. The van der Waals surface area contributed by atoms with E-state index < -0.39 is 0 Å². The molecule has 0 radical (unpaired) electrons. The van der Waals surface area contributed by atoms with Crippen molar-refractivity contribution in [3.8, 4) is 16.9 Å². The second-order valence-corrected chi connectivity index (χ2v) is 5.35. The van der Waals surface area contributed by atoms with Crippen LogP contribution in [0.2, 0.25) is 5.02 Å². The van der Waals surface area contributed by atoms with E-state index >= 15 is 0 Å². The van der Waals surface area contributed by atoms with E-state index in [4.69, 9.17) is 16.3 Å². The molecular weight excluding hydrogens is 303 g/mol. The van der Waals surface area contributed by atoms with Crippen molar-refractivity contribution in [1.29, 1.82) is 0 Å². The van der Waals surface area contributed by atoms with Crippen LogP contribution in [0.1, 0.15) is 5.69 Å². The largest absolute Gasteiger partial charge is 0.487 e. The first-order valence-electron chi connectivity index (χ1n) is 6.78. The molecule has 112 valence electrons. The van der Waals surface area contributed by atoms with Crippen LogP contribution in [0.15, 0.2) is 54.7 Å². The van der Waals surface area contributed by atoms with Crippen LogP contribution in [0.3, 0.4) is 0 Å². The quantitative estimate of drug-likeness (QED) is 0.710. The standard InChI is InChI=1S/C17H14ClFN2O/c1-21-9-8-14(20-21)11-22-15-5-2-12(3-6-15)16-7-4-13(18)10-17(16)19/h2-10H,11H2,1H3. The maximum atomic E-state index is 13.9. The Hall–Kier alpha value is -2.33.